The van der Waals surface area contributed by atoms with Crippen molar-refractivity contribution in [1.82, 2.24) is 0 Å². The predicted octanol–water partition coefficient (Wildman–Crippen LogP) is 8.33. The van der Waals surface area contributed by atoms with Crippen LogP contribution in [0.5, 0.6) is 0 Å². The van der Waals surface area contributed by atoms with Crippen molar-refractivity contribution >= 4 is 21.9 Å². The SMILES string of the molecule is CC(=O)O[C@H]1CC[C@@]2(C)C(=CC(Br)[C@H]3[C@@H]4CC[C@H]([C@H](C)CCCC(C)C)[C@@]4(C)CC[C@@H]32)C1. The molecule has 3 saturated carbocycles. The maximum atomic E-state index is 11.5. The molecule has 0 aromatic heterocycles. The Balaban J connectivity index is 1.51. The van der Waals surface area contributed by atoms with Gasteiger partial charge in [0.05, 0.1) is 0 Å². The number of esters is 1. The van der Waals surface area contributed by atoms with E-state index < -0.39 is 0 Å². The molecule has 0 bridgehead atoms. The molecule has 0 heterocycles. The highest BCUT2D eigenvalue weighted by atomic mass is 79.9. The Bertz CT molecular complexity index is 729. The zero-order valence-electron chi connectivity index (χ0n) is 21.5. The number of carbonyl (C=O) groups is 1. The number of rotatable bonds is 6. The van der Waals surface area contributed by atoms with Crippen molar-refractivity contribution < 1.29 is 9.53 Å². The Labute approximate surface area is 205 Å². The number of hydrogen-bond donors (Lipinski definition) is 0. The van der Waals surface area contributed by atoms with Crippen molar-refractivity contribution in [1.29, 1.82) is 0 Å². The maximum absolute atomic E-state index is 11.5. The fourth-order valence-corrected chi connectivity index (χ4v) is 9.99. The topological polar surface area (TPSA) is 26.3 Å². The van der Waals surface area contributed by atoms with E-state index >= 15 is 0 Å². The summed E-state index contributed by atoms with van der Waals surface area (Å²) < 4.78 is 5.63. The number of ether oxygens (including phenoxy) is 1. The lowest BCUT2D eigenvalue weighted by molar-refractivity contribution is -0.148. The Hall–Kier alpha value is -0.310. The van der Waals surface area contributed by atoms with Crippen LogP contribution in [0.2, 0.25) is 0 Å². The van der Waals surface area contributed by atoms with Crippen molar-refractivity contribution in [3.8, 4) is 0 Å². The summed E-state index contributed by atoms with van der Waals surface area (Å²) in [4.78, 5) is 12.0. The molecule has 1 unspecified atom stereocenters. The molecule has 0 N–H and O–H groups in total. The summed E-state index contributed by atoms with van der Waals surface area (Å²) in [5.74, 6) is 4.86. The first-order valence-electron chi connectivity index (χ1n) is 13.6. The van der Waals surface area contributed by atoms with Gasteiger partial charge in [-0.1, -0.05) is 81.5 Å². The molecule has 0 saturated heterocycles. The number of allylic oxidation sites excluding steroid dienone is 1. The van der Waals surface area contributed by atoms with E-state index in [1.54, 1.807) is 12.5 Å². The Morgan fingerprint density at radius 2 is 1.84 bits per heavy atom. The normalized spacial score (nSPS) is 44.3. The smallest absolute Gasteiger partial charge is 0.302 e. The summed E-state index contributed by atoms with van der Waals surface area (Å²) >= 11 is 4.18. The molecule has 0 amide bonds. The summed E-state index contributed by atoms with van der Waals surface area (Å²) in [6.45, 7) is 14.0. The van der Waals surface area contributed by atoms with Crippen LogP contribution in [0.4, 0.5) is 0 Å². The van der Waals surface area contributed by atoms with Crippen LogP contribution < -0.4 is 0 Å². The molecule has 0 aromatic rings. The fourth-order valence-electron chi connectivity index (χ4n) is 8.93. The van der Waals surface area contributed by atoms with Gasteiger partial charge in [-0.05, 0) is 84.9 Å². The quantitative estimate of drug-likeness (QED) is 0.205. The van der Waals surface area contributed by atoms with Gasteiger partial charge in [0.1, 0.15) is 6.10 Å². The molecule has 0 radical (unpaired) electrons. The summed E-state index contributed by atoms with van der Waals surface area (Å²) in [6, 6.07) is 0. The molecule has 182 valence electrons. The van der Waals surface area contributed by atoms with E-state index in [0.29, 0.717) is 15.7 Å². The van der Waals surface area contributed by atoms with Gasteiger partial charge >= 0.3 is 5.97 Å². The Kier molecular flexibility index (Phi) is 7.27. The molecule has 0 aliphatic heterocycles. The van der Waals surface area contributed by atoms with Gasteiger partial charge in [-0.2, -0.15) is 0 Å². The van der Waals surface area contributed by atoms with Crippen LogP contribution in [0.25, 0.3) is 0 Å². The van der Waals surface area contributed by atoms with Gasteiger partial charge in [-0.3, -0.25) is 4.79 Å². The van der Waals surface area contributed by atoms with Crippen LogP contribution in [0.3, 0.4) is 0 Å². The molecule has 2 nitrogen and oxygen atoms in total. The monoisotopic (exact) mass is 506 g/mol. The molecule has 3 fully saturated rings. The first-order chi connectivity index (χ1) is 15.1. The third kappa shape index (κ3) is 4.38. The molecule has 0 aromatic carbocycles. The minimum absolute atomic E-state index is 0.0829. The highest BCUT2D eigenvalue weighted by Gasteiger charge is 2.61. The minimum atomic E-state index is -0.128. The molecule has 0 spiro atoms. The van der Waals surface area contributed by atoms with E-state index in [0.717, 1.165) is 48.3 Å². The average Bonchev–Trinajstić information content (AvgIpc) is 3.05. The van der Waals surface area contributed by atoms with Crippen LogP contribution in [-0.2, 0) is 9.53 Å². The van der Waals surface area contributed by atoms with Crippen molar-refractivity contribution in [2.24, 2.45) is 46.3 Å². The minimum Gasteiger partial charge on any atom is -0.462 e. The van der Waals surface area contributed by atoms with Gasteiger partial charge in [-0.25, -0.2) is 0 Å². The molecular weight excluding hydrogens is 460 g/mol. The van der Waals surface area contributed by atoms with E-state index in [2.05, 4.69) is 56.6 Å². The molecule has 32 heavy (non-hydrogen) atoms. The summed E-state index contributed by atoms with van der Waals surface area (Å²) in [5, 5.41) is 0. The molecule has 4 aliphatic carbocycles. The van der Waals surface area contributed by atoms with Gasteiger partial charge in [0.2, 0.25) is 0 Å². The van der Waals surface area contributed by atoms with Crippen molar-refractivity contribution in [2.45, 2.75) is 117 Å². The van der Waals surface area contributed by atoms with Crippen LogP contribution >= 0.6 is 15.9 Å². The van der Waals surface area contributed by atoms with E-state index in [4.69, 9.17) is 4.74 Å². The number of alkyl halides is 1. The van der Waals surface area contributed by atoms with Gasteiger partial charge < -0.3 is 4.74 Å². The summed E-state index contributed by atoms with van der Waals surface area (Å²) in [6.07, 6.45) is 15.6. The lowest BCUT2D eigenvalue weighted by atomic mass is 9.47. The van der Waals surface area contributed by atoms with Crippen molar-refractivity contribution in [3.05, 3.63) is 11.6 Å². The zero-order chi connectivity index (χ0) is 23.3. The van der Waals surface area contributed by atoms with Crippen molar-refractivity contribution in [2.75, 3.05) is 0 Å². The van der Waals surface area contributed by atoms with Crippen LogP contribution in [0.1, 0.15) is 106 Å². The Morgan fingerprint density at radius 1 is 1.09 bits per heavy atom. The zero-order valence-corrected chi connectivity index (χ0v) is 23.0. The third-order valence-corrected chi connectivity index (χ3v) is 11.5. The summed E-state index contributed by atoms with van der Waals surface area (Å²) in [5.41, 5.74) is 2.38. The van der Waals surface area contributed by atoms with Crippen LogP contribution in [0, 0.1) is 46.3 Å². The molecular formula is C29H47BrO2. The van der Waals surface area contributed by atoms with Gasteiger partial charge in [0.15, 0.2) is 0 Å². The van der Waals surface area contributed by atoms with Crippen LogP contribution in [-0.4, -0.2) is 16.9 Å². The lowest BCUT2D eigenvalue weighted by Crippen LogP contribution is -2.54. The Morgan fingerprint density at radius 3 is 2.53 bits per heavy atom. The number of carbonyl (C=O) groups excluding carboxylic acids is 1. The van der Waals surface area contributed by atoms with E-state index in [9.17, 15) is 4.79 Å². The van der Waals surface area contributed by atoms with Gasteiger partial charge in [0.25, 0.3) is 0 Å². The fraction of sp³-hybridized carbons (Fsp3) is 0.897. The van der Waals surface area contributed by atoms with E-state index in [-0.39, 0.29) is 12.1 Å². The standard InChI is InChI=1S/C29H47BrO2/c1-18(2)8-7-9-19(3)23-10-11-24-27-25(13-15-29(23,24)6)28(5)14-12-22(32-20(4)31)16-21(28)17-26(27)30/h17-19,22-27H,7-16H2,1-6H3/t19-,22+,23-,24+,25+,26?,27+,28+,29-/m1/s1. The van der Waals surface area contributed by atoms with E-state index in [1.165, 1.54) is 51.4 Å². The largest absolute Gasteiger partial charge is 0.462 e. The first-order valence-corrected chi connectivity index (χ1v) is 14.5. The number of hydrogen-bond acceptors (Lipinski definition) is 2. The second kappa shape index (κ2) is 9.38. The van der Waals surface area contributed by atoms with Gasteiger partial charge in [0, 0.05) is 18.2 Å². The number of fused-ring (bicyclic) bond motifs is 5. The van der Waals surface area contributed by atoms with Gasteiger partial charge in [-0.15, -0.1) is 0 Å². The second-order valence-electron chi connectivity index (χ2n) is 12.8. The average molecular weight is 508 g/mol. The maximum Gasteiger partial charge on any atom is 0.302 e. The second-order valence-corrected chi connectivity index (χ2v) is 13.9. The highest BCUT2D eigenvalue weighted by molar-refractivity contribution is 9.09. The molecule has 9 atom stereocenters. The third-order valence-electron chi connectivity index (χ3n) is 10.6. The van der Waals surface area contributed by atoms with E-state index in [1.807, 2.05) is 0 Å². The van der Waals surface area contributed by atoms with Crippen molar-refractivity contribution in [3.63, 3.8) is 0 Å². The molecule has 3 heteroatoms. The predicted molar refractivity (Wildman–Crippen MR) is 137 cm³/mol. The number of halogens is 1. The highest BCUT2D eigenvalue weighted by Crippen LogP contribution is 2.68. The lowest BCUT2D eigenvalue weighted by Gasteiger charge is -2.59. The van der Waals surface area contributed by atoms with Crippen LogP contribution in [0.15, 0.2) is 11.6 Å². The first kappa shape index (κ1) is 24.8. The molecule has 4 rings (SSSR count). The summed E-state index contributed by atoms with van der Waals surface area (Å²) in [7, 11) is 0. The molecule has 4 aliphatic rings.